The Morgan fingerprint density at radius 2 is 2.20 bits per heavy atom. The Hall–Kier alpha value is -1.11. The van der Waals surface area contributed by atoms with Crippen molar-refractivity contribution in [2.45, 2.75) is 19.4 Å². The minimum absolute atomic E-state index is 0.0390. The first-order valence-corrected chi connectivity index (χ1v) is 8.47. The van der Waals surface area contributed by atoms with E-state index < -0.39 is 16.1 Å². The van der Waals surface area contributed by atoms with Crippen LogP contribution in [0, 0.1) is 0 Å². The van der Waals surface area contributed by atoms with Gasteiger partial charge in [-0.25, -0.2) is 8.42 Å². The summed E-state index contributed by atoms with van der Waals surface area (Å²) in [4.78, 5) is 12.1. The second-order valence-corrected chi connectivity index (χ2v) is 7.15. The van der Waals surface area contributed by atoms with Crippen molar-refractivity contribution in [3.05, 3.63) is 34.9 Å². The summed E-state index contributed by atoms with van der Waals surface area (Å²) in [6.07, 6.45) is 0.517. The van der Waals surface area contributed by atoms with E-state index >= 15 is 0 Å². The zero-order valence-corrected chi connectivity index (χ0v) is 12.7. The molecule has 1 saturated heterocycles. The topological polar surface area (TPSA) is 66.5 Å². The molecule has 0 spiro atoms. The van der Waals surface area contributed by atoms with Crippen molar-refractivity contribution in [1.82, 2.24) is 9.62 Å². The van der Waals surface area contributed by atoms with Crippen LogP contribution in [0.5, 0.6) is 0 Å². The van der Waals surface area contributed by atoms with Crippen molar-refractivity contribution < 1.29 is 13.2 Å². The van der Waals surface area contributed by atoms with Gasteiger partial charge in [0.1, 0.15) is 6.04 Å². The lowest BCUT2D eigenvalue weighted by Gasteiger charge is -2.34. The standard InChI is InChI=1S/C13H17ClN2O3S/c1-2-8-20(18,19)16-7-6-15-13(17)12(16)10-4-3-5-11(14)9-10/h3-5,9,12H,2,6-8H2,1H3,(H,15,17). The number of amides is 1. The highest BCUT2D eigenvalue weighted by Crippen LogP contribution is 2.28. The molecule has 0 saturated carbocycles. The van der Waals surface area contributed by atoms with Gasteiger partial charge in [-0.15, -0.1) is 0 Å². The van der Waals surface area contributed by atoms with E-state index in [1.165, 1.54) is 4.31 Å². The van der Waals surface area contributed by atoms with Gasteiger partial charge in [-0.05, 0) is 24.1 Å². The molecule has 20 heavy (non-hydrogen) atoms. The van der Waals surface area contributed by atoms with Gasteiger partial charge in [-0.3, -0.25) is 4.79 Å². The van der Waals surface area contributed by atoms with E-state index in [2.05, 4.69) is 5.32 Å². The van der Waals surface area contributed by atoms with E-state index in [1.807, 2.05) is 0 Å². The van der Waals surface area contributed by atoms with E-state index in [1.54, 1.807) is 31.2 Å². The number of hydrogen-bond acceptors (Lipinski definition) is 3. The predicted octanol–water partition coefficient (Wildman–Crippen LogP) is 1.55. The van der Waals surface area contributed by atoms with Crippen LogP contribution in [0.1, 0.15) is 24.9 Å². The molecule has 1 aliphatic heterocycles. The van der Waals surface area contributed by atoms with Crippen molar-refractivity contribution in [3.63, 3.8) is 0 Å². The van der Waals surface area contributed by atoms with Crippen LogP contribution in [-0.2, 0) is 14.8 Å². The second-order valence-electron chi connectivity index (χ2n) is 4.68. The third-order valence-corrected chi connectivity index (χ3v) is 5.42. The molecule has 1 fully saturated rings. The van der Waals surface area contributed by atoms with Crippen molar-refractivity contribution in [2.75, 3.05) is 18.8 Å². The summed E-state index contributed by atoms with van der Waals surface area (Å²) in [6, 6.07) is 5.92. The Labute approximate surface area is 124 Å². The number of hydrogen-bond donors (Lipinski definition) is 1. The molecule has 110 valence electrons. The number of benzene rings is 1. The van der Waals surface area contributed by atoms with Gasteiger partial charge in [-0.2, -0.15) is 4.31 Å². The summed E-state index contributed by atoms with van der Waals surface area (Å²) >= 11 is 5.94. The molecule has 0 radical (unpaired) electrons. The number of rotatable bonds is 4. The lowest BCUT2D eigenvalue weighted by Crippen LogP contribution is -2.52. The Morgan fingerprint density at radius 1 is 1.45 bits per heavy atom. The summed E-state index contributed by atoms with van der Waals surface area (Å²) in [5, 5.41) is 3.19. The summed E-state index contributed by atoms with van der Waals surface area (Å²) in [7, 11) is -3.45. The summed E-state index contributed by atoms with van der Waals surface area (Å²) < 4.78 is 25.9. The average molecular weight is 317 g/mol. The Morgan fingerprint density at radius 3 is 2.85 bits per heavy atom. The van der Waals surface area contributed by atoms with Crippen LogP contribution in [0.4, 0.5) is 0 Å². The molecule has 1 aromatic carbocycles. The third-order valence-electron chi connectivity index (χ3n) is 3.15. The first-order chi connectivity index (χ1) is 9.45. The van der Waals surface area contributed by atoms with Gasteiger partial charge in [0.15, 0.2) is 0 Å². The number of carbonyl (C=O) groups is 1. The highest BCUT2D eigenvalue weighted by atomic mass is 35.5. The fourth-order valence-electron chi connectivity index (χ4n) is 2.32. The number of nitrogens with one attached hydrogen (secondary N) is 1. The number of piperazine rings is 1. The molecule has 1 amide bonds. The molecule has 1 aliphatic rings. The van der Waals surface area contributed by atoms with Crippen molar-refractivity contribution in [2.24, 2.45) is 0 Å². The molecule has 0 bridgehead atoms. The first-order valence-electron chi connectivity index (χ1n) is 6.48. The SMILES string of the molecule is CCCS(=O)(=O)N1CCNC(=O)C1c1cccc(Cl)c1. The van der Waals surface area contributed by atoms with Crippen LogP contribution in [-0.4, -0.2) is 37.5 Å². The molecule has 5 nitrogen and oxygen atoms in total. The predicted molar refractivity (Wildman–Crippen MR) is 78.0 cm³/mol. The average Bonchev–Trinajstić information content (AvgIpc) is 2.38. The Balaban J connectivity index is 2.42. The normalized spacial score (nSPS) is 20.7. The van der Waals surface area contributed by atoms with Gasteiger partial charge in [0.2, 0.25) is 15.9 Å². The zero-order chi connectivity index (χ0) is 14.8. The van der Waals surface area contributed by atoms with E-state index in [0.29, 0.717) is 23.6 Å². The largest absolute Gasteiger partial charge is 0.353 e. The maximum atomic E-state index is 12.3. The number of carbonyl (C=O) groups excluding carboxylic acids is 1. The van der Waals surface area contributed by atoms with E-state index in [9.17, 15) is 13.2 Å². The molecule has 1 aromatic rings. The van der Waals surface area contributed by atoms with Crippen molar-refractivity contribution >= 4 is 27.5 Å². The van der Waals surface area contributed by atoms with Crippen LogP contribution in [0.15, 0.2) is 24.3 Å². The first kappa shape index (κ1) is 15.3. The van der Waals surface area contributed by atoms with Crippen LogP contribution in [0.2, 0.25) is 5.02 Å². The summed E-state index contributed by atoms with van der Waals surface area (Å²) in [6.45, 7) is 2.42. The number of sulfonamides is 1. The zero-order valence-electron chi connectivity index (χ0n) is 11.2. The minimum atomic E-state index is -3.45. The highest BCUT2D eigenvalue weighted by molar-refractivity contribution is 7.89. The fraction of sp³-hybridized carbons (Fsp3) is 0.462. The lowest BCUT2D eigenvalue weighted by atomic mass is 10.0. The monoisotopic (exact) mass is 316 g/mol. The number of halogens is 1. The molecule has 1 atom stereocenters. The molecule has 1 heterocycles. The quantitative estimate of drug-likeness (QED) is 0.916. The number of nitrogens with zero attached hydrogens (tertiary/aromatic N) is 1. The molecule has 1 N–H and O–H groups in total. The smallest absolute Gasteiger partial charge is 0.243 e. The van der Waals surface area contributed by atoms with Crippen molar-refractivity contribution in [1.29, 1.82) is 0 Å². The molecule has 0 aromatic heterocycles. The van der Waals surface area contributed by atoms with Crippen LogP contribution in [0.25, 0.3) is 0 Å². The van der Waals surface area contributed by atoms with Gasteiger partial charge in [-0.1, -0.05) is 30.7 Å². The lowest BCUT2D eigenvalue weighted by molar-refractivity contribution is -0.126. The molecular weight excluding hydrogens is 300 g/mol. The van der Waals surface area contributed by atoms with E-state index in [4.69, 9.17) is 11.6 Å². The van der Waals surface area contributed by atoms with Crippen LogP contribution < -0.4 is 5.32 Å². The van der Waals surface area contributed by atoms with Crippen LogP contribution >= 0.6 is 11.6 Å². The Bertz CT molecular complexity index is 603. The van der Waals surface area contributed by atoms with Gasteiger partial charge in [0.25, 0.3) is 0 Å². The maximum absolute atomic E-state index is 12.3. The van der Waals surface area contributed by atoms with Gasteiger partial charge in [0.05, 0.1) is 5.75 Å². The maximum Gasteiger partial charge on any atom is 0.243 e. The summed E-state index contributed by atoms with van der Waals surface area (Å²) in [5.41, 5.74) is 0.592. The van der Waals surface area contributed by atoms with Gasteiger partial charge in [0, 0.05) is 18.1 Å². The second kappa shape index (κ2) is 6.11. The highest BCUT2D eigenvalue weighted by Gasteiger charge is 2.38. The van der Waals surface area contributed by atoms with Crippen LogP contribution in [0.3, 0.4) is 0 Å². The van der Waals surface area contributed by atoms with Gasteiger partial charge < -0.3 is 5.32 Å². The van der Waals surface area contributed by atoms with Crippen molar-refractivity contribution in [3.8, 4) is 0 Å². The Kier molecular flexibility index (Phi) is 4.67. The molecule has 7 heteroatoms. The molecular formula is C13H17ClN2O3S. The van der Waals surface area contributed by atoms with Gasteiger partial charge >= 0.3 is 0 Å². The molecule has 2 rings (SSSR count). The summed E-state index contributed by atoms with van der Waals surface area (Å²) in [5.74, 6) is -0.268. The van der Waals surface area contributed by atoms with E-state index in [0.717, 1.165) is 0 Å². The van der Waals surface area contributed by atoms with E-state index in [-0.39, 0.29) is 18.2 Å². The third kappa shape index (κ3) is 3.13. The fourth-order valence-corrected chi connectivity index (χ4v) is 4.17. The molecule has 0 aliphatic carbocycles. The minimum Gasteiger partial charge on any atom is -0.353 e. The molecule has 1 unspecified atom stereocenters.